The Morgan fingerprint density at radius 3 is 2.67 bits per heavy atom. The zero-order chi connectivity index (χ0) is 13.0. The van der Waals surface area contributed by atoms with Crippen molar-refractivity contribution >= 4 is 23.2 Å². The zero-order valence-electron chi connectivity index (χ0n) is 10.1. The Morgan fingerprint density at radius 1 is 1.33 bits per heavy atom. The average Bonchev–Trinajstić information content (AvgIpc) is 2.37. The summed E-state index contributed by atoms with van der Waals surface area (Å²) in [5, 5.41) is 0. The fraction of sp³-hybridized carbons (Fsp3) is 0.143. The van der Waals surface area contributed by atoms with Gasteiger partial charge < -0.3 is 5.73 Å². The molecule has 4 heteroatoms. The second-order valence-electron chi connectivity index (χ2n) is 3.94. The van der Waals surface area contributed by atoms with E-state index in [9.17, 15) is 4.79 Å². The number of carbonyl (C=O) groups is 1. The number of nitrogens with two attached hydrogens (primary N) is 1. The summed E-state index contributed by atoms with van der Waals surface area (Å²) in [5.41, 5.74) is 7.83. The normalized spacial score (nSPS) is 10.3. The number of nitrogens with zero attached hydrogens (tertiary/aromatic N) is 1. The lowest BCUT2D eigenvalue weighted by atomic mass is 10.2. The molecule has 0 fully saturated rings. The smallest absolute Gasteiger partial charge is 0.180 e. The lowest BCUT2D eigenvalue weighted by molar-refractivity contribution is 0.101. The highest BCUT2D eigenvalue weighted by atomic mass is 32.2. The molecule has 0 saturated carbocycles. The van der Waals surface area contributed by atoms with Crippen molar-refractivity contribution in [3.05, 3.63) is 53.9 Å². The van der Waals surface area contributed by atoms with E-state index in [-0.39, 0.29) is 5.78 Å². The van der Waals surface area contributed by atoms with E-state index in [4.69, 9.17) is 5.73 Å². The van der Waals surface area contributed by atoms with Gasteiger partial charge in [-0.1, -0.05) is 30.3 Å². The van der Waals surface area contributed by atoms with E-state index in [1.165, 1.54) is 12.5 Å². The highest BCUT2D eigenvalue weighted by Gasteiger charge is 2.07. The predicted molar refractivity (Wildman–Crippen MR) is 74.7 cm³/mol. The van der Waals surface area contributed by atoms with E-state index < -0.39 is 0 Å². The molecule has 0 amide bonds. The van der Waals surface area contributed by atoms with E-state index in [1.807, 2.05) is 18.2 Å². The third-order valence-electron chi connectivity index (χ3n) is 2.47. The molecule has 0 spiro atoms. The SMILES string of the molecule is CC(=O)c1ncc(SCc2ccccc2)cc1N. The maximum Gasteiger partial charge on any atom is 0.180 e. The molecule has 2 N–H and O–H groups in total. The molecule has 2 aromatic rings. The van der Waals surface area contributed by atoms with Crippen molar-refractivity contribution in [2.45, 2.75) is 17.6 Å². The maximum atomic E-state index is 11.2. The number of thioether (sulfide) groups is 1. The summed E-state index contributed by atoms with van der Waals surface area (Å²) >= 11 is 1.65. The number of ketones is 1. The lowest BCUT2D eigenvalue weighted by Crippen LogP contribution is -2.02. The highest BCUT2D eigenvalue weighted by Crippen LogP contribution is 2.24. The van der Waals surface area contributed by atoms with Gasteiger partial charge in [-0.3, -0.25) is 4.79 Å². The Labute approximate surface area is 110 Å². The van der Waals surface area contributed by atoms with Crippen LogP contribution in [0.2, 0.25) is 0 Å². The van der Waals surface area contributed by atoms with E-state index in [0.29, 0.717) is 11.4 Å². The van der Waals surface area contributed by atoms with Gasteiger partial charge in [0.05, 0.1) is 5.69 Å². The average molecular weight is 258 g/mol. The quantitative estimate of drug-likeness (QED) is 0.676. The second kappa shape index (κ2) is 5.69. The molecule has 1 heterocycles. The van der Waals surface area contributed by atoms with Gasteiger partial charge in [0.1, 0.15) is 5.69 Å². The first-order valence-corrected chi connectivity index (χ1v) is 6.58. The number of hydrogen-bond donors (Lipinski definition) is 1. The predicted octanol–water partition coefficient (Wildman–Crippen LogP) is 3.16. The van der Waals surface area contributed by atoms with Crippen LogP contribution < -0.4 is 5.73 Å². The van der Waals surface area contributed by atoms with Gasteiger partial charge in [0.15, 0.2) is 5.78 Å². The number of benzene rings is 1. The van der Waals surface area contributed by atoms with Gasteiger partial charge in [-0.2, -0.15) is 0 Å². The molecular weight excluding hydrogens is 244 g/mol. The van der Waals surface area contributed by atoms with Crippen molar-refractivity contribution in [2.24, 2.45) is 0 Å². The van der Waals surface area contributed by atoms with Crippen LogP contribution in [0.15, 0.2) is 47.5 Å². The minimum Gasteiger partial charge on any atom is -0.397 e. The monoisotopic (exact) mass is 258 g/mol. The van der Waals surface area contributed by atoms with Gasteiger partial charge in [-0.15, -0.1) is 11.8 Å². The number of hydrogen-bond acceptors (Lipinski definition) is 4. The van der Waals surface area contributed by atoms with Gasteiger partial charge >= 0.3 is 0 Å². The van der Waals surface area contributed by atoms with Crippen LogP contribution >= 0.6 is 11.8 Å². The van der Waals surface area contributed by atoms with E-state index >= 15 is 0 Å². The molecular formula is C14H14N2OS. The molecule has 0 radical (unpaired) electrons. The summed E-state index contributed by atoms with van der Waals surface area (Å²) in [7, 11) is 0. The Bertz CT molecular complexity index is 555. The molecule has 2 rings (SSSR count). The van der Waals surface area contributed by atoms with Gasteiger partial charge in [0, 0.05) is 23.8 Å². The fourth-order valence-electron chi connectivity index (χ4n) is 1.58. The molecule has 0 aliphatic heterocycles. The van der Waals surface area contributed by atoms with Crippen LogP contribution in [0.25, 0.3) is 0 Å². The molecule has 0 atom stereocenters. The summed E-state index contributed by atoms with van der Waals surface area (Å²) in [6.07, 6.45) is 1.70. The minimum atomic E-state index is -0.105. The summed E-state index contributed by atoms with van der Waals surface area (Å²) in [4.78, 5) is 16.3. The maximum absolute atomic E-state index is 11.2. The third-order valence-corrected chi connectivity index (χ3v) is 3.51. The van der Waals surface area contributed by atoms with Crippen LogP contribution in [-0.4, -0.2) is 10.8 Å². The first-order valence-electron chi connectivity index (χ1n) is 5.60. The van der Waals surface area contributed by atoms with Crippen molar-refractivity contribution in [3.63, 3.8) is 0 Å². The topological polar surface area (TPSA) is 56.0 Å². The van der Waals surface area contributed by atoms with Crippen LogP contribution in [0.3, 0.4) is 0 Å². The van der Waals surface area contributed by atoms with Crippen molar-refractivity contribution in [1.82, 2.24) is 4.98 Å². The Kier molecular flexibility index (Phi) is 3.99. The van der Waals surface area contributed by atoms with Gasteiger partial charge in [-0.05, 0) is 11.6 Å². The van der Waals surface area contributed by atoms with E-state index in [2.05, 4.69) is 17.1 Å². The van der Waals surface area contributed by atoms with Crippen LogP contribution in [0.4, 0.5) is 5.69 Å². The Hall–Kier alpha value is -1.81. The number of carbonyl (C=O) groups excluding carboxylic acids is 1. The van der Waals surface area contributed by atoms with Crippen LogP contribution in [0.1, 0.15) is 23.0 Å². The molecule has 0 aliphatic carbocycles. The first-order chi connectivity index (χ1) is 8.66. The molecule has 0 unspecified atom stereocenters. The molecule has 92 valence electrons. The summed E-state index contributed by atoms with van der Waals surface area (Å²) in [6.45, 7) is 1.47. The Balaban J connectivity index is 2.07. The number of anilines is 1. The molecule has 3 nitrogen and oxygen atoms in total. The molecule has 1 aromatic heterocycles. The zero-order valence-corrected chi connectivity index (χ0v) is 10.9. The number of Topliss-reactive ketones (excluding diaryl/α,β-unsaturated/α-hetero) is 1. The highest BCUT2D eigenvalue weighted by molar-refractivity contribution is 7.98. The number of nitrogen functional groups attached to an aromatic ring is 1. The molecule has 18 heavy (non-hydrogen) atoms. The number of pyridine rings is 1. The van der Waals surface area contributed by atoms with Crippen LogP contribution in [-0.2, 0) is 5.75 Å². The van der Waals surface area contributed by atoms with Crippen LogP contribution in [0.5, 0.6) is 0 Å². The number of aromatic nitrogens is 1. The van der Waals surface area contributed by atoms with Crippen molar-refractivity contribution < 1.29 is 4.79 Å². The van der Waals surface area contributed by atoms with E-state index in [0.717, 1.165) is 10.6 Å². The molecule has 0 bridgehead atoms. The molecule has 1 aromatic carbocycles. The Morgan fingerprint density at radius 2 is 2.06 bits per heavy atom. The lowest BCUT2D eigenvalue weighted by Gasteiger charge is -2.05. The van der Waals surface area contributed by atoms with Gasteiger partial charge in [0.25, 0.3) is 0 Å². The fourth-order valence-corrected chi connectivity index (χ4v) is 2.44. The van der Waals surface area contributed by atoms with E-state index in [1.54, 1.807) is 24.0 Å². The largest absolute Gasteiger partial charge is 0.397 e. The third kappa shape index (κ3) is 3.11. The van der Waals surface area contributed by atoms with Crippen molar-refractivity contribution in [2.75, 3.05) is 5.73 Å². The molecule has 0 saturated heterocycles. The first kappa shape index (κ1) is 12.6. The minimum absolute atomic E-state index is 0.105. The van der Waals surface area contributed by atoms with Crippen LogP contribution in [0, 0.1) is 0 Å². The summed E-state index contributed by atoms with van der Waals surface area (Å²) in [5.74, 6) is 0.758. The second-order valence-corrected chi connectivity index (χ2v) is 4.99. The number of rotatable bonds is 4. The molecule has 0 aliphatic rings. The van der Waals surface area contributed by atoms with Gasteiger partial charge in [0.2, 0.25) is 0 Å². The summed E-state index contributed by atoms with van der Waals surface area (Å²) < 4.78 is 0. The van der Waals surface area contributed by atoms with Gasteiger partial charge in [-0.25, -0.2) is 4.98 Å². The van der Waals surface area contributed by atoms with Crippen molar-refractivity contribution in [1.29, 1.82) is 0 Å². The van der Waals surface area contributed by atoms with Crippen molar-refractivity contribution in [3.8, 4) is 0 Å². The standard InChI is InChI=1S/C14H14N2OS/c1-10(17)14-13(15)7-12(8-16-14)18-9-11-5-3-2-4-6-11/h2-8H,9,15H2,1H3. The summed E-state index contributed by atoms with van der Waals surface area (Å²) in [6, 6.07) is 12.0.